The Kier molecular flexibility index (Phi) is 13.6. The maximum absolute atomic E-state index is 11.7. The van der Waals surface area contributed by atoms with Crippen molar-refractivity contribution in [3.63, 3.8) is 0 Å². The molecule has 0 saturated heterocycles. The lowest BCUT2D eigenvalue weighted by molar-refractivity contribution is 0.719. The Morgan fingerprint density at radius 1 is 0.393 bits per heavy atom. The zero-order valence-electron chi connectivity index (χ0n) is 30.4. The van der Waals surface area contributed by atoms with Gasteiger partial charge in [-0.1, -0.05) is 108 Å². The summed E-state index contributed by atoms with van der Waals surface area (Å²) in [5, 5.41) is 22.2. The lowest BCUT2D eigenvalue weighted by Gasteiger charge is -2.03. The normalized spacial score (nSPS) is 10.8. The van der Waals surface area contributed by atoms with Crippen molar-refractivity contribution in [1.82, 2.24) is 39.1 Å². The molecule has 0 amide bonds. The molecule has 18 heteroatoms. The molecule has 8 aromatic rings. The van der Waals surface area contributed by atoms with Gasteiger partial charge in [0.25, 0.3) is 22.2 Å². The summed E-state index contributed by atoms with van der Waals surface area (Å²) < 4.78 is 6.70. The molecule has 0 aliphatic heterocycles. The maximum Gasteiger partial charge on any atom is 0.274 e. The van der Waals surface area contributed by atoms with E-state index in [4.69, 9.17) is 46.4 Å². The van der Waals surface area contributed by atoms with Crippen molar-refractivity contribution in [3.8, 4) is 0 Å². The second-order valence-electron chi connectivity index (χ2n) is 12.4. The second-order valence-corrected chi connectivity index (χ2v) is 15.6. The van der Waals surface area contributed by atoms with Crippen molar-refractivity contribution in [2.45, 2.75) is 13.8 Å². The van der Waals surface area contributed by atoms with Crippen molar-refractivity contribution >= 4 is 121 Å². The van der Waals surface area contributed by atoms with Gasteiger partial charge in [-0.2, -0.15) is 20.4 Å². The lowest BCUT2D eigenvalue weighted by atomic mass is 10.1. The number of rotatable bonds is 0. The summed E-state index contributed by atoms with van der Waals surface area (Å²) in [4.78, 5) is 46.6. The Bertz CT molecular complexity index is 2870. The highest BCUT2D eigenvalue weighted by atomic mass is 79.9. The topological polar surface area (TPSA) is 140 Å². The summed E-state index contributed by atoms with van der Waals surface area (Å²) in [7, 11) is 6.34. The van der Waals surface area contributed by atoms with Crippen LogP contribution in [-0.4, -0.2) is 39.1 Å². The summed E-state index contributed by atoms with van der Waals surface area (Å²) in [5.41, 5.74) is 1.58. The number of hydrogen-bond donors (Lipinski definition) is 0. The van der Waals surface area contributed by atoms with Crippen molar-refractivity contribution in [1.29, 1.82) is 0 Å². The first-order valence-corrected chi connectivity index (χ1v) is 19.4. The van der Waals surface area contributed by atoms with Crippen LogP contribution in [0.15, 0.2) is 101 Å². The molecule has 0 aliphatic carbocycles. The fraction of sp³-hybridized carbons (Fsp3) is 0.158. The predicted octanol–water partition coefficient (Wildman–Crippen LogP) is 8.49. The average molecular weight is 964 g/mol. The largest absolute Gasteiger partial charge is 0.274 e. The summed E-state index contributed by atoms with van der Waals surface area (Å²) in [5.74, 6) is 0. The van der Waals surface area contributed by atoms with E-state index in [0.717, 1.165) is 25.5 Å². The molecule has 0 unspecified atom stereocenters. The first-order valence-electron chi connectivity index (χ1n) is 16.3. The van der Waals surface area contributed by atoms with Gasteiger partial charge in [-0.25, -0.2) is 18.7 Å². The fourth-order valence-electron chi connectivity index (χ4n) is 5.40. The number of benzene rings is 4. The van der Waals surface area contributed by atoms with E-state index in [9.17, 15) is 19.2 Å². The highest BCUT2D eigenvalue weighted by Gasteiger charge is 2.09. The molecule has 4 aromatic carbocycles. The Labute approximate surface area is 355 Å². The number of nitrogens with zero attached hydrogens (tertiary/aromatic N) is 8. The quantitative estimate of drug-likeness (QED) is 0.148. The highest BCUT2D eigenvalue weighted by Crippen LogP contribution is 2.24. The number of halogens is 6. The summed E-state index contributed by atoms with van der Waals surface area (Å²) in [6.07, 6.45) is 0. The van der Waals surface area contributed by atoms with Gasteiger partial charge in [0.2, 0.25) is 0 Å². The minimum absolute atomic E-state index is 0.117. The smallest absolute Gasteiger partial charge is 0.267 e. The Morgan fingerprint density at radius 3 is 1.09 bits per heavy atom. The standard InChI is InChI=1S/2C10H9ClN2O.2C9H6BrClN2O/c1-6-3-4-7-8(5-6)9(11)12-13(2)10(7)14;1-6-3-4-7-8(5-6)10(14)13(2)12-9(7)11;1-13-9(14)6-3-2-5(10)4-7(6)8(11)12-13;1-13-9(14)7-4-5(10)2-3-6(7)8(11)12-13/h2*3-5H,1-2H3;2*2-4H,1H3. The monoisotopic (exact) mass is 960 g/mol. The average Bonchev–Trinajstić information content (AvgIpc) is 3.15. The van der Waals surface area contributed by atoms with Gasteiger partial charge in [0, 0.05) is 58.7 Å². The lowest BCUT2D eigenvalue weighted by Crippen LogP contribution is -2.19. The van der Waals surface area contributed by atoms with Gasteiger partial charge in [-0.05, 0) is 68.4 Å². The third-order valence-electron chi connectivity index (χ3n) is 8.25. The van der Waals surface area contributed by atoms with Crippen LogP contribution in [0.25, 0.3) is 43.1 Å². The van der Waals surface area contributed by atoms with Gasteiger partial charge < -0.3 is 0 Å². The molecule has 0 aliphatic rings. The maximum atomic E-state index is 11.7. The van der Waals surface area contributed by atoms with Crippen LogP contribution in [-0.2, 0) is 28.2 Å². The van der Waals surface area contributed by atoms with Crippen LogP contribution in [0, 0.1) is 13.8 Å². The van der Waals surface area contributed by atoms with E-state index >= 15 is 0 Å². The van der Waals surface area contributed by atoms with Crippen molar-refractivity contribution in [2.24, 2.45) is 28.2 Å². The minimum Gasteiger partial charge on any atom is -0.267 e. The van der Waals surface area contributed by atoms with E-state index in [1.54, 1.807) is 64.6 Å². The van der Waals surface area contributed by atoms with Gasteiger partial charge in [-0.3, -0.25) is 19.2 Å². The molecule has 4 heterocycles. The molecular weight excluding hydrogens is 934 g/mol. The summed E-state index contributed by atoms with van der Waals surface area (Å²) >= 11 is 30.3. The number of fused-ring (bicyclic) bond motifs is 4. The first kappa shape index (κ1) is 42.7. The van der Waals surface area contributed by atoms with Crippen LogP contribution < -0.4 is 22.2 Å². The molecule has 12 nitrogen and oxygen atoms in total. The molecule has 0 saturated carbocycles. The molecule has 0 fully saturated rings. The first-order chi connectivity index (χ1) is 26.4. The Balaban J connectivity index is 0.000000143. The summed E-state index contributed by atoms with van der Waals surface area (Å²) in [6.45, 7) is 3.89. The van der Waals surface area contributed by atoms with Crippen LogP contribution in [0.1, 0.15) is 11.1 Å². The minimum atomic E-state index is -0.147. The van der Waals surface area contributed by atoms with E-state index in [0.29, 0.717) is 58.3 Å². The molecule has 8 rings (SSSR count). The molecule has 4 aromatic heterocycles. The predicted molar refractivity (Wildman–Crippen MR) is 233 cm³/mol. The molecule has 56 heavy (non-hydrogen) atoms. The van der Waals surface area contributed by atoms with E-state index < -0.39 is 0 Å². The van der Waals surface area contributed by atoms with Gasteiger partial charge in [0.05, 0.1) is 21.5 Å². The SMILES string of the molecule is Cc1ccc2c(=O)n(C)nc(Cl)c2c1.Cc1ccc2c(Cl)nn(C)c(=O)c2c1.Cn1nc(Cl)c2cc(Br)ccc2c1=O.Cn1nc(Cl)c2ccc(Br)cc2c1=O. The van der Waals surface area contributed by atoms with Crippen LogP contribution in [0.2, 0.25) is 20.6 Å². The van der Waals surface area contributed by atoms with Crippen molar-refractivity contribution < 1.29 is 0 Å². The highest BCUT2D eigenvalue weighted by molar-refractivity contribution is 9.10. The fourth-order valence-corrected chi connectivity index (χ4v) is 7.22. The van der Waals surface area contributed by atoms with Crippen LogP contribution in [0.4, 0.5) is 0 Å². The molecule has 0 spiro atoms. The molecule has 0 N–H and O–H groups in total. The Hall–Kier alpha value is -4.44. The summed E-state index contributed by atoms with van der Waals surface area (Å²) in [6, 6.07) is 21.8. The molecule has 288 valence electrons. The Morgan fingerprint density at radius 2 is 0.661 bits per heavy atom. The van der Waals surface area contributed by atoms with Gasteiger partial charge >= 0.3 is 0 Å². The van der Waals surface area contributed by atoms with E-state index in [1.807, 2.05) is 50.2 Å². The molecule has 0 radical (unpaired) electrons. The van der Waals surface area contributed by atoms with Gasteiger partial charge in [0.15, 0.2) is 20.6 Å². The van der Waals surface area contributed by atoms with Gasteiger partial charge in [-0.15, -0.1) is 0 Å². The molecule has 0 bridgehead atoms. The number of aromatic nitrogens is 8. The van der Waals surface area contributed by atoms with Crippen molar-refractivity contribution in [3.05, 3.63) is 155 Å². The zero-order chi connectivity index (χ0) is 41.2. The molecular formula is C38H30Br2Cl4N8O4. The van der Waals surface area contributed by atoms with Crippen LogP contribution >= 0.6 is 78.3 Å². The van der Waals surface area contributed by atoms with E-state index in [-0.39, 0.29) is 22.2 Å². The van der Waals surface area contributed by atoms with E-state index in [1.165, 1.54) is 18.7 Å². The third-order valence-corrected chi connectivity index (χ3v) is 10.4. The molecule has 0 atom stereocenters. The van der Waals surface area contributed by atoms with Crippen LogP contribution in [0.5, 0.6) is 0 Å². The van der Waals surface area contributed by atoms with Crippen LogP contribution in [0.3, 0.4) is 0 Å². The van der Waals surface area contributed by atoms with E-state index in [2.05, 4.69) is 52.3 Å². The number of aryl methyl sites for hydroxylation is 6. The van der Waals surface area contributed by atoms with Gasteiger partial charge in [0.1, 0.15) is 0 Å². The second kappa shape index (κ2) is 17.8. The van der Waals surface area contributed by atoms with Crippen molar-refractivity contribution in [2.75, 3.05) is 0 Å². The number of hydrogen-bond acceptors (Lipinski definition) is 8. The zero-order valence-corrected chi connectivity index (χ0v) is 36.6. The third kappa shape index (κ3) is 9.39.